The lowest BCUT2D eigenvalue weighted by atomic mass is 10.0. The molecule has 3 aromatic rings. The summed E-state index contributed by atoms with van der Waals surface area (Å²) in [6.45, 7) is 3.07. The van der Waals surface area contributed by atoms with Gasteiger partial charge in [-0.25, -0.2) is 0 Å². The first-order valence-corrected chi connectivity index (χ1v) is 13.0. The van der Waals surface area contributed by atoms with Crippen molar-refractivity contribution in [1.29, 1.82) is 0 Å². The van der Waals surface area contributed by atoms with Gasteiger partial charge in [-0.1, -0.05) is 85.6 Å². The molecule has 0 aliphatic rings. The minimum absolute atomic E-state index is 0.0737. The van der Waals surface area contributed by atoms with Crippen molar-refractivity contribution in [2.45, 2.75) is 43.7 Å². The van der Waals surface area contributed by atoms with Crippen LogP contribution in [0.1, 0.15) is 30.9 Å². The minimum Gasteiger partial charge on any atom is -0.354 e. The molecule has 0 aromatic heterocycles. The van der Waals surface area contributed by atoms with E-state index in [2.05, 4.69) is 12.2 Å². The third-order valence-corrected chi connectivity index (χ3v) is 6.72. The number of nitrogens with one attached hydrogen (secondary N) is 1. The summed E-state index contributed by atoms with van der Waals surface area (Å²) in [5, 5.41) is 3.71. The van der Waals surface area contributed by atoms with E-state index in [-0.39, 0.29) is 17.6 Å². The molecule has 0 aliphatic heterocycles. The van der Waals surface area contributed by atoms with Crippen LogP contribution < -0.4 is 5.32 Å². The molecular formula is C28H31ClN2O2S. The van der Waals surface area contributed by atoms with E-state index in [0.717, 1.165) is 28.9 Å². The monoisotopic (exact) mass is 494 g/mol. The minimum atomic E-state index is -0.599. The second-order valence-corrected chi connectivity index (χ2v) is 9.59. The topological polar surface area (TPSA) is 49.4 Å². The molecule has 0 saturated carbocycles. The largest absolute Gasteiger partial charge is 0.354 e. The van der Waals surface area contributed by atoms with Gasteiger partial charge in [-0.2, -0.15) is 0 Å². The van der Waals surface area contributed by atoms with E-state index in [9.17, 15) is 9.59 Å². The van der Waals surface area contributed by atoms with E-state index in [0.29, 0.717) is 24.5 Å². The van der Waals surface area contributed by atoms with Gasteiger partial charge in [0, 0.05) is 29.4 Å². The number of amides is 2. The van der Waals surface area contributed by atoms with Crippen molar-refractivity contribution < 1.29 is 9.59 Å². The Labute approximate surface area is 211 Å². The van der Waals surface area contributed by atoms with E-state index >= 15 is 0 Å². The quantitative estimate of drug-likeness (QED) is 0.248. The zero-order valence-electron chi connectivity index (χ0n) is 19.5. The molecule has 3 aromatic carbocycles. The number of halogens is 1. The van der Waals surface area contributed by atoms with Crippen LogP contribution in [0.2, 0.25) is 5.02 Å². The van der Waals surface area contributed by atoms with Crippen LogP contribution in [-0.2, 0) is 22.6 Å². The first-order chi connectivity index (χ1) is 16.6. The highest BCUT2D eigenvalue weighted by molar-refractivity contribution is 8.00. The Morgan fingerprint density at radius 3 is 2.15 bits per heavy atom. The number of rotatable bonds is 12. The molecule has 34 heavy (non-hydrogen) atoms. The van der Waals surface area contributed by atoms with E-state index < -0.39 is 6.04 Å². The highest BCUT2D eigenvalue weighted by Gasteiger charge is 2.30. The molecule has 0 radical (unpaired) electrons. The maximum Gasteiger partial charge on any atom is 0.243 e. The third kappa shape index (κ3) is 8.23. The molecule has 178 valence electrons. The van der Waals surface area contributed by atoms with Crippen LogP contribution in [0.25, 0.3) is 0 Å². The van der Waals surface area contributed by atoms with Crippen LogP contribution in [-0.4, -0.2) is 35.1 Å². The number of carbonyl (C=O) groups is 2. The number of hydrogen-bond acceptors (Lipinski definition) is 3. The van der Waals surface area contributed by atoms with Crippen molar-refractivity contribution in [3.63, 3.8) is 0 Å². The summed E-state index contributed by atoms with van der Waals surface area (Å²) in [6.07, 6.45) is 2.36. The fourth-order valence-electron chi connectivity index (χ4n) is 3.60. The molecule has 0 fully saturated rings. The first kappa shape index (κ1) is 25.9. The fourth-order valence-corrected chi connectivity index (χ4v) is 4.51. The van der Waals surface area contributed by atoms with E-state index in [1.165, 1.54) is 11.8 Å². The van der Waals surface area contributed by atoms with Gasteiger partial charge in [-0.15, -0.1) is 11.8 Å². The van der Waals surface area contributed by atoms with Gasteiger partial charge in [-0.05, 0) is 41.8 Å². The van der Waals surface area contributed by atoms with Crippen LogP contribution in [0.5, 0.6) is 0 Å². The van der Waals surface area contributed by atoms with Gasteiger partial charge in [0.2, 0.25) is 11.8 Å². The van der Waals surface area contributed by atoms with E-state index in [1.807, 2.05) is 84.9 Å². The molecule has 0 bridgehead atoms. The predicted molar refractivity (Wildman–Crippen MR) is 141 cm³/mol. The summed E-state index contributed by atoms with van der Waals surface area (Å²) in [5.74, 6) is 0.0515. The van der Waals surface area contributed by atoms with Crippen molar-refractivity contribution in [2.75, 3.05) is 12.3 Å². The highest BCUT2D eigenvalue weighted by atomic mass is 35.5. The van der Waals surface area contributed by atoms with Crippen LogP contribution in [0.3, 0.4) is 0 Å². The number of thioether (sulfide) groups is 1. The molecule has 2 amide bonds. The standard InChI is InChI=1S/C28H31ClN2O2S/c1-2-3-18-30-28(33)26(19-22-10-6-4-7-11-22)31(20-23-12-8-5-9-13-23)27(32)21-34-25-16-14-24(29)15-17-25/h4-17,26H,2-3,18-21H2,1H3,(H,30,33)/t26-/m1/s1. The molecule has 0 unspecified atom stereocenters. The van der Waals surface area contributed by atoms with Gasteiger partial charge in [0.1, 0.15) is 6.04 Å². The lowest BCUT2D eigenvalue weighted by Crippen LogP contribution is -2.51. The Hall–Kier alpha value is -2.76. The molecule has 0 spiro atoms. The summed E-state index contributed by atoms with van der Waals surface area (Å²) in [7, 11) is 0. The summed E-state index contributed by atoms with van der Waals surface area (Å²) >= 11 is 7.44. The van der Waals surface area contributed by atoms with Gasteiger partial charge >= 0.3 is 0 Å². The van der Waals surface area contributed by atoms with Gasteiger partial charge in [0.15, 0.2) is 0 Å². The summed E-state index contributed by atoms with van der Waals surface area (Å²) < 4.78 is 0. The Kier molecular flexibility index (Phi) is 10.5. The Bertz CT molecular complexity index is 1030. The van der Waals surface area contributed by atoms with Crippen molar-refractivity contribution in [3.8, 4) is 0 Å². The molecule has 3 rings (SSSR count). The van der Waals surface area contributed by atoms with Gasteiger partial charge < -0.3 is 10.2 Å². The SMILES string of the molecule is CCCCNC(=O)[C@@H](Cc1ccccc1)N(Cc1ccccc1)C(=O)CSc1ccc(Cl)cc1. The Balaban J connectivity index is 1.85. The zero-order valence-corrected chi connectivity index (χ0v) is 21.0. The second kappa shape index (κ2) is 13.8. The van der Waals surface area contributed by atoms with Gasteiger partial charge in [0.05, 0.1) is 5.75 Å². The van der Waals surface area contributed by atoms with Crippen molar-refractivity contribution >= 4 is 35.2 Å². The summed E-state index contributed by atoms with van der Waals surface area (Å²) in [4.78, 5) is 29.6. The maximum absolute atomic E-state index is 13.6. The van der Waals surface area contributed by atoms with Crippen molar-refractivity contribution in [2.24, 2.45) is 0 Å². The van der Waals surface area contributed by atoms with E-state index in [1.54, 1.807) is 4.90 Å². The first-order valence-electron chi connectivity index (χ1n) is 11.6. The lowest BCUT2D eigenvalue weighted by Gasteiger charge is -2.31. The van der Waals surface area contributed by atoms with Crippen LogP contribution in [0.15, 0.2) is 89.8 Å². The average molecular weight is 495 g/mol. The normalized spacial score (nSPS) is 11.6. The predicted octanol–water partition coefficient (Wildman–Crippen LogP) is 5.99. The van der Waals surface area contributed by atoms with Gasteiger partial charge in [0.25, 0.3) is 0 Å². The number of nitrogens with zero attached hydrogens (tertiary/aromatic N) is 1. The molecule has 1 N–H and O–H groups in total. The summed E-state index contributed by atoms with van der Waals surface area (Å²) in [6, 6.07) is 26.5. The summed E-state index contributed by atoms with van der Waals surface area (Å²) in [5.41, 5.74) is 2.01. The molecule has 4 nitrogen and oxygen atoms in total. The molecule has 6 heteroatoms. The van der Waals surface area contributed by atoms with Gasteiger partial charge in [-0.3, -0.25) is 9.59 Å². The van der Waals surface area contributed by atoms with Crippen LogP contribution in [0.4, 0.5) is 0 Å². The highest BCUT2D eigenvalue weighted by Crippen LogP contribution is 2.22. The Morgan fingerprint density at radius 1 is 0.912 bits per heavy atom. The van der Waals surface area contributed by atoms with Crippen molar-refractivity contribution in [1.82, 2.24) is 10.2 Å². The molecule has 0 saturated heterocycles. The zero-order chi connectivity index (χ0) is 24.2. The number of unbranched alkanes of at least 4 members (excludes halogenated alkanes) is 1. The van der Waals surface area contributed by atoms with Crippen LogP contribution >= 0.6 is 23.4 Å². The second-order valence-electron chi connectivity index (χ2n) is 8.10. The number of carbonyl (C=O) groups excluding carboxylic acids is 2. The average Bonchev–Trinajstić information content (AvgIpc) is 2.87. The molecule has 1 atom stereocenters. The maximum atomic E-state index is 13.6. The fraction of sp³-hybridized carbons (Fsp3) is 0.286. The molecule has 0 aliphatic carbocycles. The smallest absolute Gasteiger partial charge is 0.243 e. The molecule has 0 heterocycles. The number of benzene rings is 3. The van der Waals surface area contributed by atoms with E-state index in [4.69, 9.17) is 11.6 Å². The van der Waals surface area contributed by atoms with Crippen molar-refractivity contribution in [3.05, 3.63) is 101 Å². The third-order valence-electron chi connectivity index (χ3n) is 5.47. The lowest BCUT2D eigenvalue weighted by molar-refractivity contribution is -0.139. The molecular weight excluding hydrogens is 464 g/mol. The van der Waals surface area contributed by atoms with Crippen LogP contribution in [0, 0.1) is 0 Å². The Morgan fingerprint density at radius 2 is 1.53 bits per heavy atom. The number of hydrogen-bond donors (Lipinski definition) is 1.